The number of amides is 1. The van der Waals surface area contributed by atoms with Crippen molar-refractivity contribution in [1.82, 2.24) is 14.5 Å². The Labute approximate surface area is 167 Å². The Kier molecular flexibility index (Phi) is 7.72. The zero-order chi connectivity index (χ0) is 19.3. The molecule has 1 aromatic carbocycles. The summed E-state index contributed by atoms with van der Waals surface area (Å²) in [5, 5.41) is 3.42. The Bertz CT molecular complexity index is 739. The van der Waals surface area contributed by atoms with Crippen LogP contribution in [-0.2, 0) is 14.8 Å². The van der Waals surface area contributed by atoms with Crippen LogP contribution in [0.25, 0.3) is 0 Å². The van der Waals surface area contributed by atoms with Crippen LogP contribution in [-0.4, -0.2) is 75.2 Å². The van der Waals surface area contributed by atoms with E-state index in [4.69, 9.17) is 16.3 Å². The second kappa shape index (κ2) is 9.36. The highest BCUT2D eigenvalue weighted by Crippen LogP contribution is 2.28. The number of carbonyl (C=O) groups excluding carboxylic acids is 1. The van der Waals surface area contributed by atoms with Crippen molar-refractivity contribution in [2.75, 3.05) is 45.5 Å². The number of nitrogens with zero attached hydrogens (tertiary/aromatic N) is 2. The lowest BCUT2D eigenvalue weighted by molar-refractivity contribution is -0.127. The minimum Gasteiger partial charge on any atom is -0.480 e. The lowest BCUT2D eigenvalue weighted by Crippen LogP contribution is -2.50. The number of ether oxygens (including phenoxy) is 1. The van der Waals surface area contributed by atoms with Gasteiger partial charge in [-0.2, -0.15) is 4.31 Å². The molecular weight excluding hydrogens is 446 g/mol. The van der Waals surface area contributed by atoms with Crippen LogP contribution in [0.4, 0.5) is 0 Å². The lowest BCUT2D eigenvalue weighted by atomic mass is 10.3. The fourth-order valence-electron chi connectivity index (χ4n) is 2.58. The monoisotopic (exact) mass is 467 g/mol. The average Bonchev–Trinajstić information content (AvgIpc) is 2.57. The van der Waals surface area contributed by atoms with E-state index in [9.17, 15) is 13.2 Å². The summed E-state index contributed by atoms with van der Waals surface area (Å²) in [7, 11) is -3.12. The van der Waals surface area contributed by atoms with Gasteiger partial charge in [-0.3, -0.25) is 9.69 Å². The number of halogens is 2. The molecule has 26 heavy (non-hydrogen) atoms. The van der Waals surface area contributed by atoms with Gasteiger partial charge in [-0.15, -0.1) is 0 Å². The fourth-order valence-corrected chi connectivity index (χ4v) is 4.18. The van der Waals surface area contributed by atoms with Crippen molar-refractivity contribution >= 4 is 43.5 Å². The highest BCUT2D eigenvalue weighted by molar-refractivity contribution is 9.10. The van der Waals surface area contributed by atoms with Crippen molar-refractivity contribution in [3.05, 3.63) is 27.7 Å². The predicted molar refractivity (Wildman–Crippen MR) is 105 cm³/mol. The summed E-state index contributed by atoms with van der Waals surface area (Å²) in [5.41, 5.74) is 0. The van der Waals surface area contributed by atoms with Gasteiger partial charge in [0, 0.05) is 44.3 Å². The van der Waals surface area contributed by atoms with Crippen LogP contribution in [0, 0.1) is 0 Å². The minimum atomic E-state index is -3.12. The maximum Gasteiger partial charge on any atom is 0.260 e. The molecule has 1 N–H and O–H groups in total. The maximum atomic E-state index is 12.2. The normalized spacial score (nSPS) is 17.7. The predicted octanol–water partition coefficient (Wildman–Crippen LogP) is 1.56. The van der Waals surface area contributed by atoms with E-state index < -0.39 is 16.1 Å². The van der Waals surface area contributed by atoms with Gasteiger partial charge in [0.1, 0.15) is 5.75 Å². The quantitative estimate of drug-likeness (QED) is 0.657. The number of hydrogen-bond donors (Lipinski definition) is 1. The number of nitrogens with one attached hydrogen (secondary N) is 1. The summed E-state index contributed by atoms with van der Waals surface area (Å²) in [6.45, 7) is 5.11. The standard InChI is InChI=1S/C16H23BrClN3O4S/c1-12(25-15-4-3-13(18)11-14(15)17)16(22)19-5-6-20-7-9-21(10-8-20)26(2,23)24/h3-4,11-12H,5-10H2,1-2H3,(H,19,22)/t12-/m0/s1. The molecule has 1 heterocycles. The first-order valence-electron chi connectivity index (χ1n) is 8.23. The average molecular weight is 469 g/mol. The molecule has 1 atom stereocenters. The topological polar surface area (TPSA) is 79.0 Å². The highest BCUT2D eigenvalue weighted by Gasteiger charge is 2.23. The fraction of sp³-hybridized carbons (Fsp3) is 0.562. The van der Waals surface area contributed by atoms with Crippen LogP contribution in [0.1, 0.15) is 6.92 Å². The van der Waals surface area contributed by atoms with E-state index in [0.29, 0.717) is 54.5 Å². The SMILES string of the molecule is C[C@H](Oc1ccc(Cl)cc1Br)C(=O)NCCN1CCN(S(C)(=O)=O)CC1. The molecule has 2 rings (SSSR count). The summed E-state index contributed by atoms with van der Waals surface area (Å²) in [6, 6.07) is 5.11. The zero-order valence-corrected chi connectivity index (χ0v) is 17.9. The maximum absolute atomic E-state index is 12.2. The second-order valence-electron chi connectivity index (χ2n) is 6.13. The molecule has 1 aliphatic rings. The van der Waals surface area contributed by atoms with Crippen molar-refractivity contribution < 1.29 is 17.9 Å². The largest absolute Gasteiger partial charge is 0.480 e. The van der Waals surface area contributed by atoms with Gasteiger partial charge in [0.15, 0.2) is 6.10 Å². The first kappa shape index (κ1) is 21.4. The Morgan fingerprint density at radius 1 is 1.35 bits per heavy atom. The zero-order valence-electron chi connectivity index (χ0n) is 14.7. The molecule has 0 unspecified atom stereocenters. The second-order valence-corrected chi connectivity index (χ2v) is 9.40. The first-order valence-corrected chi connectivity index (χ1v) is 11.3. The molecule has 146 valence electrons. The molecule has 7 nitrogen and oxygen atoms in total. The van der Waals surface area contributed by atoms with Crippen molar-refractivity contribution in [2.24, 2.45) is 0 Å². The Morgan fingerprint density at radius 2 is 2.00 bits per heavy atom. The highest BCUT2D eigenvalue weighted by atomic mass is 79.9. The van der Waals surface area contributed by atoms with Crippen LogP contribution in [0.15, 0.2) is 22.7 Å². The van der Waals surface area contributed by atoms with E-state index in [0.717, 1.165) is 0 Å². The third-order valence-electron chi connectivity index (χ3n) is 4.09. The van der Waals surface area contributed by atoms with E-state index in [1.54, 1.807) is 25.1 Å². The summed E-state index contributed by atoms with van der Waals surface area (Å²) in [5.74, 6) is 0.343. The van der Waals surface area contributed by atoms with E-state index in [2.05, 4.69) is 26.1 Å². The first-order chi connectivity index (χ1) is 12.2. The van der Waals surface area contributed by atoms with Crippen LogP contribution in [0.5, 0.6) is 5.75 Å². The molecule has 0 saturated carbocycles. The molecule has 0 aromatic heterocycles. The number of hydrogen-bond acceptors (Lipinski definition) is 5. The van der Waals surface area contributed by atoms with Gasteiger partial charge in [0.2, 0.25) is 10.0 Å². The third-order valence-corrected chi connectivity index (χ3v) is 6.25. The molecule has 0 radical (unpaired) electrons. The Balaban J connectivity index is 1.72. The van der Waals surface area contributed by atoms with Crippen molar-refractivity contribution in [2.45, 2.75) is 13.0 Å². The van der Waals surface area contributed by atoms with E-state index in [1.807, 2.05) is 0 Å². The van der Waals surface area contributed by atoms with Gasteiger partial charge >= 0.3 is 0 Å². The molecule has 1 fully saturated rings. The summed E-state index contributed by atoms with van der Waals surface area (Å²) in [6.07, 6.45) is 0.582. The van der Waals surface area contributed by atoms with E-state index in [-0.39, 0.29) is 5.91 Å². The smallest absolute Gasteiger partial charge is 0.260 e. The molecule has 0 aliphatic carbocycles. The van der Waals surface area contributed by atoms with Gasteiger partial charge in [0.25, 0.3) is 5.91 Å². The number of sulfonamides is 1. The van der Waals surface area contributed by atoms with Gasteiger partial charge in [-0.05, 0) is 41.1 Å². The van der Waals surface area contributed by atoms with Crippen molar-refractivity contribution in [3.63, 3.8) is 0 Å². The van der Waals surface area contributed by atoms with E-state index >= 15 is 0 Å². The van der Waals surface area contributed by atoms with E-state index in [1.165, 1.54) is 10.6 Å². The summed E-state index contributed by atoms with van der Waals surface area (Å²) < 4.78 is 30.8. The number of benzene rings is 1. The molecule has 1 amide bonds. The Hall–Kier alpha value is -0.870. The molecule has 0 bridgehead atoms. The van der Waals surface area contributed by atoms with Crippen LogP contribution in [0.2, 0.25) is 5.02 Å². The number of carbonyl (C=O) groups is 1. The van der Waals surface area contributed by atoms with Gasteiger partial charge in [0.05, 0.1) is 10.7 Å². The molecule has 1 aliphatic heterocycles. The third kappa shape index (κ3) is 6.38. The molecule has 10 heteroatoms. The number of piperazine rings is 1. The number of rotatable bonds is 7. The molecule has 1 saturated heterocycles. The minimum absolute atomic E-state index is 0.207. The van der Waals surface area contributed by atoms with Crippen LogP contribution >= 0.6 is 27.5 Å². The lowest BCUT2D eigenvalue weighted by Gasteiger charge is -2.33. The van der Waals surface area contributed by atoms with Gasteiger partial charge in [-0.1, -0.05) is 11.6 Å². The van der Waals surface area contributed by atoms with Crippen LogP contribution < -0.4 is 10.1 Å². The van der Waals surface area contributed by atoms with Crippen LogP contribution in [0.3, 0.4) is 0 Å². The summed E-state index contributed by atoms with van der Waals surface area (Å²) >= 11 is 9.24. The molecule has 0 spiro atoms. The summed E-state index contributed by atoms with van der Waals surface area (Å²) in [4.78, 5) is 14.3. The van der Waals surface area contributed by atoms with Gasteiger partial charge < -0.3 is 10.1 Å². The van der Waals surface area contributed by atoms with Crippen molar-refractivity contribution in [3.8, 4) is 5.75 Å². The molecular formula is C16H23BrClN3O4S. The molecule has 1 aromatic rings. The van der Waals surface area contributed by atoms with Gasteiger partial charge in [-0.25, -0.2) is 8.42 Å². The van der Waals surface area contributed by atoms with Crippen molar-refractivity contribution in [1.29, 1.82) is 0 Å². The Morgan fingerprint density at radius 3 is 2.58 bits per heavy atom.